The highest BCUT2D eigenvalue weighted by molar-refractivity contribution is 6.32. The van der Waals surface area contributed by atoms with E-state index in [9.17, 15) is 9.59 Å². The first-order chi connectivity index (χ1) is 15.4. The second kappa shape index (κ2) is 9.51. The molecule has 0 aromatic heterocycles. The molecule has 3 aromatic carbocycles. The van der Waals surface area contributed by atoms with E-state index in [1.807, 2.05) is 12.1 Å². The van der Waals surface area contributed by atoms with Gasteiger partial charge in [0.2, 0.25) is 0 Å². The Morgan fingerprint density at radius 3 is 2.59 bits per heavy atom. The smallest absolute Gasteiger partial charge is 0.268 e. The minimum absolute atomic E-state index is 0.169. The van der Waals surface area contributed by atoms with Gasteiger partial charge in [-0.3, -0.25) is 9.59 Å². The fourth-order valence-electron chi connectivity index (χ4n) is 3.32. The molecular formula is C24H20Cl2N2O4. The lowest BCUT2D eigenvalue weighted by Gasteiger charge is -2.33. The summed E-state index contributed by atoms with van der Waals surface area (Å²) >= 11 is 12.0. The molecule has 0 aliphatic carbocycles. The second-order valence-corrected chi connectivity index (χ2v) is 8.10. The number of carbonyl (C=O) groups is 2. The number of fused-ring (bicyclic) bond motifs is 1. The largest absolute Gasteiger partial charge is 0.482 e. The van der Waals surface area contributed by atoms with E-state index >= 15 is 0 Å². The summed E-state index contributed by atoms with van der Waals surface area (Å²) in [6.07, 6.45) is -0.612. The number of para-hydroxylation sites is 1. The maximum Gasteiger partial charge on any atom is 0.268 e. The second-order valence-electron chi connectivity index (χ2n) is 7.26. The Morgan fingerprint density at radius 2 is 1.84 bits per heavy atom. The third-order valence-electron chi connectivity index (χ3n) is 4.90. The zero-order chi connectivity index (χ0) is 22.7. The van der Waals surface area contributed by atoms with Crippen LogP contribution in [-0.4, -0.2) is 24.5 Å². The molecule has 0 fully saturated rings. The fourth-order valence-corrected chi connectivity index (χ4v) is 3.64. The molecule has 1 aliphatic heterocycles. The molecular weight excluding hydrogens is 451 g/mol. The molecule has 2 amide bonds. The van der Waals surface area contributed by atoms with E-state index in [0.29, 0.717) is 39.5 Å². The van der Waals surface area contributed by atoms with Crippen LogP contribution in [-0.2, 0) is 16.1 Å². The van der Waals surface area contributed by atoms with Crippen LogP contribution in [0.2, 0.25) is 10.0 Å². The van der Waals surface area contributed by atoms with Gasteiger partial charge in [0.15, 0.2) is 12.7 Å². The quantitative estimate of drug-likeness (QED) is 0.528. The minimum Gasteiger partial charge on any atom is -0.482 e. The number of carbonyl (C=O) groups excluding carboxylic acids is 2. The van der Waals surface area contributed by atoms with E-state index in [2.05, 4.69) is 5.32 Å². The number of nitrogens with one attached hydrogen (secondary N) is 1. The predicted octanol–water partition coefficient (Wildman–Crippen LogP) is 5.33. The first-order valence-electron chi connectivity index (χ1n) is 9.94. The molecule has 1 heterocycles. The molecule has 0 radical (unpaired) electrons. The lowest BCUT2D eigenvalue weighted by Crippen LogP contribution is -2.44. The van der Waals surface area contributed by atoms with Crippen molar-refractivity contribution < 1.29 is 19.1 Å². The predicted molar refractivity (Wildman–Crippen MR) is 125 cm³/mol. The van der Waals surface area contributed by atoms with E-state index in [1.54, 1.807) is 66.4 Å². The third kappa shape index (κ3) is 4.98. The van der Waals surface area contributed by atoms with Crippen molar-refractivity contribution in [1.29, 1.82) is 0 Å². The van der Waals surface area contributed by atoms with Gasteiger partial charge in [0, 0.05) is 10.7 Å². The minimum atomic E-state index is -0.612. The van der Waals surface area contributed by atoms with Crippen molar-refractivity contribution in [3.63, 3.8) is 0 Å². The molecule has 1 unspecified atom stereocenters. The molecule has 0 bridgehead atoms. The molecule has 1 atom stereocenters. The summed E-state index contributed by atoms with van der Waals surface area (Å²) in [5.74, 6) is 0.469. The molecule has 4 rings (SSSR count). The summed E-state index contributed by atoms with van der Waals surface area (Å²) < 4.78 is 11.2. The van der Waals surface area contributed by atoms with Crippen LogP contribution >= 0.6 is 23.2 Å². The molecule has 32 heavy (non-hydrogen) atoms. The van der Waals surface area contributed by atoms with Crippen molar-refractivity contribution in [2.24, 2.45) is 0 Å². The first kappa shape index (κ1) is 22.0. The number of anilines is 2. The van der Waals surface area contributed by atoms with Crippen LogP contribution in [0.1, 0.15) is 12.5 Å². The zero-order valence-corrected chi connectivity index (χ0v) is 18.7. The van der Waals surface area contributed by atoms with E-state index in [-0.39, 0.29) is 18.4 Å². The Bertz CT molecular complexity index is 1150. The fraction of sp³-hybridized carbons (Fsp3) is 0.167. The molecule has 0 saturated heterocycles. The van der Waals surface area contributed by atoms with Gasteiger partial charge in [-0.25, -0.2) is 0 Å². The van der Waals surface area contributed by atoms with E-state index in [1.165, 1.54) is 0 Å². The van der Waals surface area contributed by atoms with Crippen molar-refractivity contribution in [2.75, 3.05) is 16.8 Å². The molecule has 0 spiro atoms. The van der Waals surface area contributed by atoms with E-state index < -0.39 is 6.10 Å². The average molecular weight is 471 g/mol. The van der Waals surface area contributed by atoms with Gasteiger partial charge >= 0.3 is 0 Å². The van der Waals surface area contributed by atoms with Crippen molar-refractivity contribution in [1.82, 2.24) is 0 Å². The Balaban J connectivity index is 1.50. The van der Waals surface area contributed by atoms with Gasteiger partial charge in [-0.15, -0.1) is 0 Å². The standard InChI is InChI=1S/C24H20Cl2N2O4/c1-15-24(30)28(13-16-6-8-17(25)9-7-16)20-12-18(10-11-22(20)32-15)27-23(29)14-31-21-5-3-2-4-19(21)26/h2-12,15H,13-14H2,1H3,(H,27,29). The van der Waals surface area contributed by atoms with Crippen molar-refractivity contribution in [3.05, 3.63) is 82.3 Å². The summed E-state index contributed by atoms with van der Waals surface area (Å²) in [5, 5.41) is 3.83. The summed E-state index contributed by atoms with van der Waals surface area (Å²) in [4.78, 5) is 26.9. The number of rotatable bonds is 6. The van der Waals surface area contributed by atoms with Gasteiger partial charge in [-0.2, -0.15) is 0 Å². The molecule has 1 N–H and O–H groups in total. The number of halogens is 2. The number of nitrogens with zero attached hydrogens (tertiary/aromatic N) is 1. The van der Waals surface area contributed by atoms with E-state index in [4.69, 9.17) is 32.7 Å². The van der Waals surface area contributed by atoms with Gasteiger partial charge in [0.25, 0.3) is 11.8 Å². The number of hydrogen-bond donors (Lipinski definition) is 1. The summed E-state index contributed by atoms with van der Waals surface area (Å²) in [7, 11) is 0. The molecule has 164 valence electrons. The maximum absolute atomic E-state index is 12.8. The molecule has 0 saturated carbocycles. The van der Waals surface area contributed by atoms with Crippen LogP contribution in [0.3, 0.4) is 0 Å². The van der Waals surface area contributed by atoms with Crippen LogP contribution in [0.5, 0.6) is 11.5 Å². The SMILES string of the molecule is CC1Oc2ccc(NC(=O)COc3ccccc3Cl)cc2N(Cc2ccc(Cl)cc2)C1=O. The molecule has 6 nitrogen and oxygen atoms in total. The summed E-state index contributed by atoms with van der Waals surface area (Å²) in [6.45, 7) is 1.85. The number of hydrogen-bond acceptors (Lipinski definition) is 4. The van der Waals surface area contributed by atoms with Gasteiger partial charge in [-0.1, -0.05) is 47.5 Å². The Morgan fingerprint density at radius 1 is 1.09 bits per heavy atom. The van der Waals surface area contributed by atoms with Gasteiger partial charge in [0.05, 0.1) is 17.3 Å². The average Bonchev–Trinajstić information content (AvgIpc) is 2.78. The van der Waals surface area contributed by atoms with Crippen LogP contribution in [0.15, 0.2) is 66.7 Å². The van der Waals surface area contributed by atoms with Crippen molar-refractivity contribution in [3.8, 4) is 11.5 Å². The number of amides is 2. The zero-order valence-electron chi connectivity index (χ0n) is 17.2. The number of benzene rings is 3. The monoisotopic (exact) mass is 470 g/mol. The normalized spacial score (nSPS) is 15.0. The van der Waals surface area contributed by atoms with E-state index in [0.717, 1.165) is 5.56 Å². The summed E-state index contributed by atoms with van der Waals surface area (Å²) in [5.41, 5.74) is 2.02. The van der Waals surface area contributed by atoms with Gasteiger partial charge in [0.1, 0.15) is 11.5 Å². The highest BCUT2D eigenvalue weighted by Crippen LogP contribution is 2.37. The van der Waals surface area contributed by atoms with Crippen molar-refractivity contribution in [2.45, 2.75) is 19.6 Å². The van der Waals surface area contributed by atoms with Crippen LogP contribution < -0.4 is 19.7 Å². The Labute approximate surface area is 195 Å². The lowest BCUT2D eigenvalue weighted by atomic mass is 10.1. The van der Waals surface area contributed by atoms with Gasteiger partial charge < -0.3 is 19.7 Å². The highest BCUT2D eigenvalue weighted by atomic mass is 35.5. The Hall–Kier alpha value is -3.22. The van der Waals surface area contributed by atoms with Crippen LogP contribution in [0.4, 0.5) is 11.4 Å². The first-order valence-corrected chi connectivity index (χ1v) is 10.7. The maximum atomic E-state index is 12.8. The molecule has 8 heteroatoms. The summed E-state index contributed by atoms with van der Waals surface area (Å²) in [6, 6.07) is 19.4. The van der Waals surface area contributed by atoms with Crippen LogP contribution in [0, 0.1) is 0 Å². The Kier molecular flexibility index (Phi) is 6.53. The third-order valence-corrected chi connectivity index (χ3v) is 5.46. The number of ether oxygens (including phenoxy) is 2. The topological polar surface area (TPSA) is 67.9 Å². The highest BCUT2D eigenvalue weighted by Gasteiger charge is 2.31. The molecule has 1 aliphatic rings. The van der Waals surface area contributed by atoms with Crippen LogP contribution in [0.25, 0.3) is 0 Å². The molecule has 3 aromatic rings. The van der Waals surface area contributed by atoms with Crippen molar-refractivity contribution >= 4 is 46.4 Å². The van der Waals surface area contributed by atoms with Gasteiger partial charge in [-0.05, 0) is 55.0 Å². The lowest BCUT2D eigenvalue weighted by molar-refractivity contribution is -0.125.